The molecule has 0 spiro atoms. The molecule has 1 aliphatic heterocycles. The van der Waals surface area contributed by atoms with Gasteiger partial charge in [0, 0.05) is 23.6 Å². The maximum atomic E-state index is 12.4. The second-order valence-electron chi connectivity index (χ2n) is 5.29. The Morgan fingerprint density at radius 3 is 2.90 bits per heavy atom. The predicted octanol–water partition coefficient (Wildman–Crippen LogP) is 3.48. The first-order valence-electron chi connectivity index (χ1n) is 7.00. The van der Waals surface area contributed by atoms with Gasteiger partial charge in [-0.25, -0.2) is 0 Å². The average Bonchev–Trinajstić information content (AvgIpc) is 2.70. The lowest BCUT2D eigenvalue weighted by Crippen LogP contribution is -2.44. The van der Waals surface area contributed by atoms with Crippen LogP contribution in [0.4, 0.5) is 0 Å². The van der Waals surface area contributed by atoms with Gasteiger partial charge in [-0.05, 0) is 37.1 Å². The summed E-state index contributed by atoms with van der Waals surface area (Å²) in [5, 5.41) is 4.54. The highest BCUT2D eigenvalue weighted by Crippen LogP contribution is 2.22. The molecule has 110 valence electrons. The lowest BCUT2D eigenvalue weighted by atomic mass is 10.1. The van der Waals surface area contributed by atoms with Gasteiger partial charge in [-0.2, -0.15) is 0 Å². The number of nitrogens with zero attached hydrogens (tertiary/aromatic N) is 1. The summed E-state index contributed by atoms with van der Waals surface area (Å²) >= 11 is 12.0. The predicted molar refractivity (Wildman–Crippen MR) is 83.2 cm³/mol. The molecule has 1 heterocycles. The van der Waals surface area contributed by atoms with Crippen molar-refractivity contribution in [1.82, 2.24) is 10.2 Å². The number of amides is 1. The third-order valence-electron chi connectivity index (χ3n) is 3.66. The van der Waals surface area contributed by atoms with E-state index in [-0.39, 0.29) is 11.9 Å². The van der Waals surface area contributed by atoms with Crippen LogP contribution in [0.1, 0.15) is 31.2 Å². The molecule has 1 N–H and O–H groups in total. The highest BCUT2D eigenvalue weighted by Gasteiger charge is 2.23. The molecule has 1 aliphatic rings. The zero-order chi connectivity index (χ0) is 14.5. The van der Waals surface area contributed by atoms with Gasteiger partial charge >= 0.3 is 0 Å². The summed E-state index contributed by atoms with van der Waals surface area (Å²) in [6.07, 6.45) is 4.37. The van der Waals surface area contributed by atoms with Gasteiger partial charge in [0.25, 0.3) is 0 Å². The van der Waals surface area contributed by atoms with Gasteiger partial charge in [0.05, 0.1) is 6.04 Å². The molecule has 0 radical (unpaired) electrons. The second kappa shape index (κ2) is 7.30. The zero-order valence-corrected chi connectivity index (χ0v) is 13.2. The third-order valence-corrected chi connectivity index (χ3v) is 4.24. The van der Waals surface area contributed by atoms with Gasteiger partial charge < -0.3 is 10.2 Å². The maximum Gasteiger partial charge on any atom is 0.239 e. The molecule has 5 heteroatoms. The number of halogens is 2. The van der Waals surface area contributed by atoms with Crippen LogP contribution in [0.15, 0.2) is 18.2 Å². The second-order valence-corrected chi connectivity index (χ2v) is 6.13. The minimum Gasteiger partial charge on any atom is -0.340 e. The molecule has 3 nitrogen and oxygen atoms in total. The number of benzene rings is 1. The van der Waals surface area contributed by atoms with Gasteiger partial charge in [-0.1, -0.05) is 42.1 Å². The topological polar surface area (TPSA) is 32.3 Å². The monoisotopic (exact) mass is 314 g/mol. The van der Waals surface area contributed by atoms with Gasteiger partial charge in [-0.15, -0.1) is 0 Å². The van der Waals surface area contributed by atoms with E-state index >= 15 is 0 Å². The van der Waals surface area contributed by atoms with Crippen LogP contribution >= 0.6 is 23.2 Å². The van der Waals surface area contributed by atoms with E-state index in [1.165, 1.54) is 6.42 Å². The van der Waals surface area contributed by atoms with E-state index < -0.39 is 0 Å². The van der Waals surface area contributed by atoms with Crippen molar-refractivity contribution in [3.8, 4) is 0 Å². The van der Waals surface area contributed by atoms with Crippen LogP contribution in [-0.2, 0) is 11.3 Å². The normalized spacial score (nSPS) is 19.4. The van der Waals surface area contributed by atoms with Crippen molar-refractivity contribution in [3.05, 3.63) is 33.8 Å². The molecule has 0 saturated carbocycles. The molecule has 1 amide bonds. The number of carbonyl (C=O) groups excluding carboxylic acids is 1. The largest absolute Gasteiger partial charge is 0.340 e. The third kappa shape index (κ3) is 4.11. The molecule has 0 aliphatic carbocycles. The van der Waals surface area contributed by atoms with E-state index in [2.05, 4.69) is 5.32 Å². The Morgan fingerprint density at radius 2 is 2.15 bits per heavy atom. The SMILES string of the molecule is CN(Cc1ccc(Cl)cc1Cl)C(=O)C1CCCCCN1. The number of nitrogens with one attached hydrogen (secondary N) is 1. The first-order valence-corrected chi connectivity index (χ1v) is 7.76. The molecule has 1 saturated heterocycles. The molecule has 20 heavy (non-hydrogen) atoms. The number of carbonyl (C=O) groups is 1. The van der Waals surface area contributed by atoms with Crippen molar-refractivity contribution in [1.29, 1.82) is 0 Å². The minimum atomic E-state index is -0.0615. The molecule has 2 rings (SSSR count). The van der Waals surface area contributed by atoms with Gasteiger partial charge in [0.15, 0.2) is 0 Å². The lowest BCUT2D eigenvalue weighted by molar-refractivity contribution is -0.132. The molecule has 0 bridgehead atoms. The summed E-state index contributed by atoms with van der Waals surface area (Å²) in [6.45, 7) is 1.43. The van der Waals surface area contributed by atoms with Crippen LogP contribution in [0.2, 0.25) is 10.0 Å². The minimum absolute atomic E-state index is 0.0615. The van der Waals surface area contributed by atoms with Crippen molar-refractivity contribution in [2.24, 2.45) is 0 Å². The average molecular weight is 315 g/mol. The quantitative estimate of drug-likeness (QED) is 0.926. The highest BCUT2D eigenvalue weighted by molar-refractivity contribution is 6.35. The van der Waals surface area contributed by atoms with Gasteiger partial charge in [0.1, 0.15) is 0 Å². The van der Waals surface area contributed by atoms with Crippen LogP contribution in [-0.4, -0.2) is 30.4 Å². The van der Waals surface area contributed by atoms with Crippen LogP contribution in [0.25, 0.3) is 0 Å². The Labute approximate surface area is 130 Å². The summed E-state index contributed by atoms with van der Waals surface area (Å²) < 4.78 is 0. The summed E-state index contributed by atoms with van der Waals surface area (Å²) in [5.41, 5.74) is 0.917. The van der Waals surface area contributed by atoms with Gasteiger partial charge in [0.2, 0.25) is 5.91 Å². The number of hydrogen-bond acceptors (Lipinski definition) is 2. The highest BCUT2D eigenvalue weighted by atomic mass is 35.5. The fourth-order valence-electron chi connectivity index (χ4n) is 2.49. The molecule has 1 unspecified atom stereocenters. The molecular weight excluding hydrogens is 295 g/mol. The van der Waals surface area contributed by atoms with Crippen molar-refractivity contribution >= 4 is 29.1 Å². The molecule has 1 aromatic rings. The lowest BCUT2D eigenvalue weighted by Gasteiger charge is -2.24. The Kier molecular flexibility index (Phi) is 5.70. The van der Waals surface area contributed by atoms with Crippen LogP contribution in [0, 0.1) is 0 Å². The number of hydrogen-bond donors (Lipinski definition) is 1. The van der Waals surface area contributed by atoms with Crippen molar-refractivity contribution in [2.75, 3.05) is 13.6 Å². The van der Waals surface area contributed by atoms with E-state index in [1.54, 1.807) is 17.0 Å². The number of rotatable bonds is 3. The number of likely N-dealkylation sites (N-methyl/N-ethyl adjacent to an activating group) is 1. The summed E-state index contributed by atoms with van der Waals surface area (Å²) in [7, 11) is 1.82. The standard InChI is InChI=1S/C15H20Cl2N2O/c1-19(10-11-6-7-12(16)9-13(11)17)15(20)14-5-3-2-4-8-18-14/h6-7,9,14,18H,2-5,8,10H2,1H3. The van der Waals surface area contributed by atoms with E-state index in [4.69, 9.17) is 23.2 Å². The van der Waals surface area contributed by atoms with E-state index in [0.29, 0.717) is 16.6 Å². The van der Waals surface area contributed by atoms with Crippen molar-refractivity contribution in [3.63, 3.8) is 0 Å². The summed E-state index contributed by atoms with van der Waals surface area (Å²) in [6, 6.07) is 5.31. The Hall–Kier alpha value is -0.770. The van der Waals surface area contributed by atoms with Gasteiger partial charge in [-0.3, -0.25) is 4.79 Å². The molecule has 1 atom stereocenters. The molecule has 1 fully saturated rings. The first-order chi connectivity index (χ1) is 9.58. The fraction of sp³-hybridized carbons (Fsp3) is 0.533. The van der Waals surface area contributed by atoms with Crippen LogP contribution < -0.4 is 5.32 Å². The Balaban J connectivity index is 1.99. The van der Waals surface area contributed by atoms with Crippen LogP contribution in [0.5, 0.6) is 0 Å². The van der Waals surface area contributed by atoms with E-state index in [0.717, 1.165) is 31.4 Å². The summed E-state index contributed by atoms with van der Waals surface area (Å²) in [4.78, 5) is 14.2. The van der Waals surface area contributed by atoms with Crippen molar-refractivity contribution < 1.29 is 4.79 Å². The smallest absolute Gasteiger partial charge is 0.239 e. The summed E-state index contributed by atoms with van der Waals surface area (Å²) in [5.74, 6) is 0.137. The van der Waals surface area contributed by atoms with E-state index in [9.17, 15) is 4.79 Å². The zero-order valence-electron chi connectivity index (χ0n) is 11.7. The first kappa shape index (κ1) is 15.6. The fourth-order valence-corrected chi connectivity index (χ4v) is 2.96. The Bertz CT molecular complexity index is 471. The van der Waals surface area contributed by atoms with E-state index in [1.807, 2.05) is 13.1 Å². The molecular formula is C15H20Cl2N2O. The Morgan fingerprint density at radius 1 is 1.35 bits per heavy atom. The van der Waals surface area contributed by atoms with Crippen molar-refractivity contribution in [2.45, 2.75) is 38.3 Å². The van der Waals surface area contributed by atoms with Crippen LogP contribution in [0.3, 0.4) is 0 Å². The maximum absolute atomic E-state index is 12.4. The molecule has 1 aromatic carbocycles. The molecule has 0 aromatic heterocycles.